The maximum atomic E-state index is 9.36. The Morgan fingerprint density at radius 2 is 2.10 bits per heavy atom. The van der Waals surface area contributed by atoms with Crippen molar-refractivity contribution < 1.29 is 9.47 Å². The molecular formula is C15H15N3O2. The highest BCUT2D eigenvalue weighted by Crippen LogP contribution is 2.26. The molecule has 0 spiro atoms. The van der Waals surface area contributed by atoms with Gasteiger partial charge in [0.05, 0.1) is 31.4 Å². The van der Waals surface area contributed by atoms with E-state index >= 15 is 0 Å². The normalized spacial score (nSPS) is 15.1. The first-order chi connectivity index (χ1) is 9.81. The zero-order chi connectivity index (χ0) is 13.9. The number of fused-ring (bicyclic) bond motifs is 1. The lowest BCUT2D eigenvalue weighted by Gasteiger charge is -2.28. The lowest BCUT2D eigenvalue weighted by molar-refractivity contribution is 0.122. The zero-order valence-electron chi connectivity index (χ0n) is 11.3. The molecule has 0 saturated carbocycles. The van der Waals surface area contributed by atoms with Gasteiger partial charge < -0.3 is 14.4 Å². The van der Waals surface area contributed by atoms with Crippen LogP contribution in [0.1, 0.15) is 5.56 Å². The van der Waals surface area contributed by atoms with Crippen LogP contribution in [0.15, 0.2) is 24.3 Å². The Morgan fingerprint density at radius 1 is 1.30 bits per heavy atom. The number of pyridine rings is 1. The molecule has 20 heavy (non-hydrogen) atoms. The first-order valence-corrected chi connectivity index (χ1v) is 6.53. The van der Waals surface area contributed by atoms with Crippen LogP contribution >= 0.6 is 0 Å². The van der Waals surface area contributed by atoms with Crippen LogP contribution < -0.4 is 9.64 Å². The molecule has 1 saturated heterocycles. The highest BCUT2D eigenvalue weighted by atomic mass is 16.5. The second kappa shape index (κ2) is 5.35. The van der Waals surface area contributed by atoms with E-state index in [1.807, 2.05) is 24.3 Å². The van der Waals surface area contributed by atoms with Gasteiger partial charge in [0.15, 0.2) is 0 Å². The number of methoxy groups -OCH3 is 1. The molecule has 0 radical (unpaired) electrons. The molecule has 5 heteroatoms. The van der Waals surface area contributed by atoms with Crippen LogP contribution in [0.2, 0.25) is 0 Å². The van der Waals surface area contributed by atoms with E-state index < -0.39 is 0 Å². The van der Waals surface area contributed by atoms with E-state index in [-0.39, 0.29) is 0 Å². The van der Waals surface area contributed by atoms with Gasteiger partial charge in [-0.15, -0.1) is 0 Å². The van der Waals surface area contributed by atoms with Crippen molar-refractivity contribution in [3.63, 3.8) is 0 Å². The molecule has 1 aromatic heterocycles. The van der Waals surface area contributed by atoms with E-state index in [9.17, 15) is 5.26 Å². The van der Waals surface area contributed by atoms with Crippen molar-refractivity contribution in [2.75, 3.05) is 38.3 Å². The molecular weight excluding hydrogens is 254 g/mol. The lowest BCUT2D eigenvalue weighted by Crippen LogP contribution is -2.37. The van der Waals surface area contributed by atoms with Crippen molar-refractivity contribution in [3.8, 4) is 11.8 Å². The molecule has 5 nitrogen and oxygen atoms in total. The molecule has 1 aliphatic rings. The van der Waals surface area contributed by atoms with Gasteiger partial charge in [0, 0.05) is 18.5 Å². The third kappa shape index (κ3) is 2.26. The van der Waals surface area contributed by atoms with Crippen molar-refractivity contribution in [3.05, 3.63) is 29.8 Å². The smallest absolute Gasteiger partial charge is 0.147 e. The van der Waals surface area contributed by atoms with Crippen LogP contribution in [0.5, 0.6) is 5.75 Å². The quantitative estimate of drug-likeness (QED) is 0.834. The monoisotopic (exact) mass is 269 g/mol. The van der Waals surface area contributed by atoms with Crippen LogP contribution in [-0.2, 0) is 4.74 Å². The lowest BCUT2D eigenvalue weighted by atomic mass is 10.1. The summed E-state index contributed by atoms with van der Waals surface area (Å²) >= 11 is 0. The highest BCUT2D eigenvalue weighted by molar-refractivity contribution is 5.84. The van der Waals surface area contributed by atoms with Crippen molar-refractivity contribution in [2.24, 2.45) is 0 Å². The number of hydrogen-bond donors (Lipinski definition) is 0. The Hall–Kier alpha value is -2.32. The average molecular weight is 269 g/mol. The summed E-state index contributed by atoms with van der Waals surface area (Å²) in [5, 5.41) is 10.3. The number of rotatable bonds is 2. The van der Waals surface area contributed by atoms with Crippen LogP contribution in [-0.4, -0.2) is 38.4 Å². The first kappa shape index (κ1) is 12.7. The number of anilines is 1. The fourth-order valence-corrected chi connectivity index (χ4v) is 2.37. The Balaban J connectivity index is 2.09. The second-order valence-electron chi connectivity index (χ2n) is 4.63. The largest absolute Gasteiger partial charge is 0.497 e. The molecule has 2 heterocycles. The van der Waals surface area contributed by atoms with E-state index in [0.29, 0.717) is 18.8 Å². The summed E-state index contributed by atoms with van der Waals surface area (Å²) in [6, 6.07) is 9.80. The third-order valence-corrected chi connectivity index (χ3v) is 3.43. The highest BCUT2D eigenvalue weighted by Gasteiger charge is 2.17. The van der Waals surface area contributed by atoms with Crippen molar-refractivity contribution in [1.82, 2.24) is 4.98 Å². The Kier molecular flexibility index (Phi) is 3.40. The maximum absolute atomic E-state index is 9.36. The Morgan fingerprint density at radius 3 is 2.80 bits per heavy atom. The van der Waals surface area contributed by atoms with Crippen molar-refractivity contribution in [1.29, 1.82) is 5.26 Å². The summed E-state index contributed by atoms with van der Waals surface area (Å²) in [4.78, 5) is 6.74. The molecule has 0 N–H and O–H groups in total. The number of morpholine rings is 1. The molecule has 102 valence electrons. The number of benzene rings is 1. The van der Waals surface area contributed by atoms with Gasteiger partial charge in [-0.2, -0.15) is 5.26 Å². The number of nitriles is 1. The third-order valence-electron chi connectivity index (χ3n) is 3.43. The molecule has 0 amide bonds. The van der Waals surface area contributed by atoms with Gasteiger partial charge in [-0.25, -0.2) is 4.98 Å². The van der Waals surface area contributed by atoms with Gasteiger partial charge in [0.25, 0.3) is 0 Å². The van der Waals surface area contributed by atoms with Crippen LogP contribution in [0.25, 0.3) is 10.9 Å². The SMILES string of the molecule is COc1ccc2nc(N3CCOCC3)c(C#N)cc2c1. The number of ether oxygens (including phenoxy) is 2. The Labute approximate surface area is 117 Å². The minimum atomic E-state index is 0.590. The van der Waals surface area contributed by atoms with E-state index in [2.05, 4.69) is 16.0 Å². The number of nitrogens with zero attached hydrogens (tertiary/aromatic N) is 3. The molecule has 0 unspecified atom stereocenters. The Bertz CT molecular complexity index is 673. The molecule has 3 rings (SSSR count). The molecule has 0 atom stereocenters. The predicted octanol–water partition coefficient (Wildman–Crippen LogP) is 1.95. The molecule has 0 bridgehead atoms. The van der Waals surface area contributed by atoms with Crippen LogP contribution in [0.3, 0.4) is 0 Å². The second-order valence-corrected chi connectivity index (χ2v) is 4.63. The summed E-state index contributed by atoms with van der Waals surface area (Å²) in [6.07, 6.45) is 0. The van der Waals surface area contributed by atoms with E-state index in [0.717, 1.165) is 35.6 Å². The van der Waals surface area contributed by atoms with Gasteiger partial charge in [-0.3, -0.25) is 0 Å². The van der Waals surface area contributed by atoms with E-state index in [1.54, 1.807) is 7.11 Å². The zero-order valence-corrected chi connectivity index (χ0v) is 11.3. The molecule has 1 aromatic carbocycles. The standard InChI is InChI=1S/C15H15N3O2/c1-19-13-2-3-14-11(9-13)8-12(10-16)15(17-14)18-4-6-20-7-5-18/h2-3,8-9H,4-7H2,1H3. The van der Waals surface area contributed by atoms with E-state index in [4.69, 9.17) is 9.47 Å². The van der Waals surface area contributed by atoms with E-state index in [1.165, 1.54) is 0 Å². The maximum Gasteiger partial charge on any atom is 0.147 e. The fraction of sp³-hybridized carbons (Fsp3) is 0.333. The summed E-state index contributed by atoms with van der Waals surface area (Å²) in [5.74, 6) is 1.51. The summed E-state index contributed by atoms with van der Waals surface area (Å²) < 4.78 is 10.5. The molecule has 1 fully saturated rings. The minimum Gasteiger partial charge on any atom is -0.497 e. The van der Waals surface area contributed by atoms with Crippen LogP contribution in [0, 0.1) is 11.3 Å². The van der Waals surface area contributed by atoms with Crippen molar-refractivity contribution >= 4 is 16.7 Å². The molecule has 1 aliphatic heterocycles. The number of aromatic nitrogens is 1. The molecule has 0 aliphatic carbocycles. The summed E-state index contributed by atoms with van der Waals surface area (Å²) in [6.45, 7) is 2.88. The summed E-state index contributed by atoms with van der Waals surface area (Å²) in [5.41, 5.74) is 1.46. The van der Waals surface area contributed by atoms with Gasteiger partial charge in [0.1, 0.15) is 17.6 Å². The van der Waals surface area contributed by atoms with Gasteiger partial charge in [-0.1, -0.05) is 0 Å². The first-order valence-electron chi connectivity index (χ1n) is 6.53. The topological polar surface area (TPSA) is 58.4 Å². The van der Waals surface area contributed by atoms with Crippen molar-refractivity contribution in [2.45, 2.75) is 0 Å². The minimum absolute atomic E-state index is 0.590. The summed E-state index contributed by atoms with van der Waals surface area (Å²) in [7, 11) is 1.63. The van der Waals surface area contributed by atoms with Gasteiger partial charge in [-0.05, 0) is 24.3 Å². The number of hydrogen-bond acceptors (Lipinski definition) is 5. The fourth-order valence-electron chi connectivity index (χ4n) is 2.37. The van der Waals surface area contributed by atoms with Crippen LogP contribution in [0.4, 0.5) is 5.82 Å². The predicted molar refractivity (Wildman–Crippen MR) is 76.0 cm³/mol. The molecule has 2 aromatic rings. The van der Waals surface area contributed by atoms with Gasteiger partial charge >= 0.3 is 0 Å². The average Bonchev–Trinajstić information content (AvgIpc) is 2.53. The van der Waals surface area contributed by atoms with Gasteiger partial charge in [0.2, 0.25) is 0 Å².